The number of hydrogen-bond donors (Lipinski definition) is 0. The quantitative estimate of drug-likeness (QED) is 0.654. The van der Waals surface area contributed by atoms with E-state index in [1.165, 1.54) is 19.3 Å². The fourth-order valence-electron chi connectivity index (χ4n) is 2.55. The largest absolute Gasteiger partial charge is 0.381 e. The van der Waals surface area contributed by atoms with Crippen LogP contribution in [0.25, 0.3) is 0 Å². The Morgan fingerprint density at radius 3 is 2.54 bits per heavy atom. The minimum absolute atomic E-state index is 0.483. The summed E-state index contributed by atoms with van der Waals surface area (Å²) in [4.78, 5) is 11.1. The van der Waals surface area contributed by atoms with Crippen molar-refractivity contribution in [3.05, 3.63) is 0 Å². The summed E-state index contributed by atoms with van der Waals surface area (Å²) in [7, 11) is 0. The third-order valence-electron chi connectivity index (χ3n) is 3.36. The maximum absolute atomic E-state index is 11.1. The summed E-state index contributed by atoms with van der Waals surface area (Å²) in [6.07, 6.45) is 6.55. The molecule has 1 unspecified atom stereocenters. The third-order valence-corrected chi connectivity index (χ3v) is 3.36. The van der Waals surface area contributed by atoms with Crippen molar-refractivity contribution in [2.75, 3.05) is 13.2 Å². The summed E-state index contributed by atoms with van der Waals surface area (Å²) in [5, 5.41) is 0. The van der Waals surface area contributed by atoms with Crippen molar-refractivity contribution in [1.82, 2.24) is 0 Å². The lowest BCUT2D eigenvalue weighted by Gasteiger charge is -2.24. The van der Waals surface area contributed by atoms with Gasteiger partial charge < -0.3 is 4.74 Å². The summed E-state index contributed by atoms with van der Waals surface area (Å²) in [6.45, 7) is 1.87. The average molecular weight is 182 g/mol. The Morgan fingerprint density at radius 1 is 1.15 bits per heavy atom. The summed E-state index contributed by atoms with van der Waals surface area (Å²) in [5.41, 5.74) is 0. The molecule has 1 saturated heterocycles. The normalized spacial score (nSPS) is 31.1. The molecular weight excluding hydrogens is 164 g/mol. The van der Waals surface area contributed by atoms with Crippen molar-refractivity contribution < 1.29 is 9.53 Å². The third kappa shape index (κ3) is 2.53. The molecule has 0 aromatic rings. The predicted octanol–water partition coefficient (Wildman–Crippen LogP) is 2.17. The molecule has 0 N–H and O–H groups in total. The van der Waals surface area contributed by atoms with Gasteiger partial charge in [0.2, 0.25) is 0 Å². The second-order valence-corrected chi connectivity index (χ2v) is 4.44. The molecule has 1 saturated carbocycles. The first-order chi connectivity index (χ1) is 6.34. The minimum atomic E-state index is 0.483. The van der Waals surface area contributed by atoms with Gasteiger partial charge in [-0.2, -0.15) is 0 Å². The Balaban J connectivity index is 1.73. The van der Waals surface area contributed by atoms with E-state index in [0.717, 1.165) is 38.4 Å². The first kappa shape index (κ1) is 9.20. The van der Waals surface area contributed by atoms with E-state index < -0.39 is 0 Å². The van der Waals surface area contributed by atoms with E-state index in [1.54, 1.807) is 0 Å². The maximum atomic E-state index is 11.1. The standard InChI is InChI=1S/C11H18O2/c12-11-2-1-10(8-11)7-9-3-5-13-6-4-9/h9-10H,1-8H2. The lowest BCUT2D eigenvalue weighted by molar-refractivity contribution is -0.117. The molecule has 0 aromatic heterocycles. The van der Waals surface area contributed by atoms with Crippen LogP contribution in [-0.4, -0.2) is 19.0 Å². The van der Waals surface area contributed by atoms with Gasteiger partial charge in [0.25, 0.3) is 0 Å². The molecule has 1 heterocycles. The Hall–Kier alpha value is -0.370. The van der Waals surface area contributed by atoms with Crippen molar-refractivity contribution in [3.8, 4) is 0 Å². The Kier molecular flexibility index (Phi) is 2.99. The lowest BCUT2D eigenvalue weighted by atomic mass is 9.88. The van der Waals surface area contributed by atoms with Gasteiger partial charge in [0, 0.05) is 26.1 Å². The number of Topliss-reactive ketones (excluding diaryl/α,β-unsaturated/α-hetero) is 1. The van der Waals surface area contributed by atoms with E-state index >= 15 is 0 Å². The van der Waals surface area contributed by atoms with E-state index in [9.17, 15) is 4.79 Å². The van der Waals surface area contributed by atoms with Crippen molar-refractivity contribution in [2.24, 2.45) is 11.8 Å². The molecule has 0 spiro atoms. The van der Waals surface area contributed by atoms with Crippen LogP contribution >= 0.6 is 0 Å². The molecule has 0 aromatic carbocycles. The Morgan fingerprint density at radius 2 is 1.92 bits per heavy atom. The molecule has 2 rings (SSSR count). The highest BCUT2D eigenvalue weighted by Crippen LogP contribution is 2.31. The Labute approximate surface area is 79.7 Å². The van der Waals surface area contributed by atoms with Crippen molar-refractivity contribution in [1.29, 1.82) is 0 Å². The van der Waals surface area contributed by atoms with Crippen LogP contribution in [0.1, 0.15) is 38.5 Å². The molecule has 1 aliphatic carbocycles. The lowest BCUT2D eigenvalue weighted by Crippen LogP contribution is -2.17. The van der Waals surface area contributed by atoms with Gasteiger partial charge in [0.1, 0.15) is 5.78 Å². The molecule has 2 heteroatoms. The van der Waals surface area contributed by atoms with E-state index in [4.69, 9.17) is 4.74 Å². The molecule has 13 heavy (non-hydrogen) atoms. The van der Waals surface area contributed by atoms with Crippen molar-refractivity contribution >= 4 is 5.78 Å². The number of hydrogen-bond acceptors (Lipinski definition) is 2. The van der Waals surface area contributed by atoms with Crippen LogP contribution in [0.4, 0.5) is 0 Å². The van der Waals surface area contributed by atoms with E-state index in [-0.39, 0.29) is 0 Å². The topological polar surface area (TPSA) is 26.3 Å². The molecule has 74 valence electrons. The summed E-state index contributed by atoms with van der Waals surface area (Å²) in [6, 6.07) is 0. The number of ketones is 1. The monoisotopic (exact) mass is 182 g/mol. The molecular formula is C11H18O2. The van der Waals surface area contributed by atoms with Gasteiger partial charge >= 0.3 is 0 Å². The predicted molar refractivity (Wildman–Crippen MR) is 50.5 cm³/mol. The van der Waals surface area contributed by atoms with E-state index in [2.05, 4.69) is 0 Å². The molecule has 1 atom stereocenters. The van der Waals surface area contributed by atoms with Gasteiger partial charge in [-0.05, 0) is 37.5 Å². The van der Waals surface area contributed by atoms with Crippen LogP contribution in [0.2, 0.25) is 0 Å². The van der Waals surface area contributed by atoms with E-state index in [0.29, 0.717) is 11.7 Å². The molecule has 2 aliphatic rings. The van der Waals surface area contributed by atoms with Gasteiger partial charge in [-0.1, -0.05) is 0 Å². The van der Waals surface area contributed by atoms with Crippen molar-refractivity contribution in [2.45, 2.75) is 38.5 Å². The van der Waals surface area contributed by atoms with Gasteiger partial charge in [0.15, 0.2) is 0 Å². The first-order valence-electron chi connectivity index (χ1n) is 5.44. The Bertz CT molecular complexity index is 183. The van der Waals surface area contributed by atoms with Crippen LogP contribution in [0.3, 0.4) is 0 Å². The number of carbonyl (C=O) groups is 1. The molecule has 0 bridgehead atoms. The number of rotatable bonds is 2. The van der Waals surface area contributed by atoms with Crippen LogP contribution in [0.5, 0.6) is 0 Å². The highest BCUT2D eigenvalue weighted by atomic mass is 16.5. The first-order valence-corrected chi connectivity index (χ1v) is 5.44. The summed E-state index contributed by atoms with van der Waals surface area (Å²) < 4.78 is 5.32. The average Bonchev–Trinajstić information content (AvgIpc) is 2.53. The fraction of sp³-hybridized carbons (Fsp3) is 0.909. The fourth-order valence-corrected chi connectivity index (χ4v) is 2.55. The minimum Gasteiger partial charge on any atom is -0.381 e. The zero-order chi connectivity index (χ0) is 9.10. The highest BCUT2D eigenvalue weighted by molar-refractivity contribution is 5.80. The van der Waals surface area contributed by atoms with Gasteiger partial charge in [-0.3, -0.25) is 4.79 Å². The van der Waals surface area contributed by atoms with Gasteiger partial charge in [-0.25, -0.2) is 0 Å². The van der Waals surface area contributed by atoms with Crippen molar-refractivity contribution in [3.63, 3.8) is 0 Å². The zero-order valence-corrected chi connectivity index (χ0v) is 8.13. The second-order valence-electron chi connectivity index (χ2n) is 4.44. The maximum Gasteiger partial charge on any atom is 0.133 e. The SMILES string of the molecule is O=C1CCC(CC2CCOCC2)C1. The molecule has 2 fully saturated rings. The van der Waals surface area contributed by atoms with Crippen LogP contribution in [-0.2, 0) is 9.53 Å². The molecule has 0 radical (unpaired) electrons. The number of ether oxygens (including phenoxy) is 1. The van der Waals surface area contributed by atoms with Gasteiger partial charge in [-0.15, -0.1) is 0 Å². The summed E-state index contributed by atoms with van der Waals surface area (Å²) in [5.74, 6) is 2.03. The zero-order valence-electron chi connectivity index (χ0n) is 8.13. The molecule has 1 aliphatic heterocycles. The molecule has 0 amide bonds. The van der Waals surface area contributed by atoms with Crippen LogP contribution in [0, 0.1) is 11.8 Å². The van der Waals surface area contributed by atoms with Crippen LogP contribution in [0.15, 0.2) is 0 Å². The second kappa shape index (κ2) is 4.23. The number of carbonyl (C=O) groups excluding carboxylic acids is 1. The highest BCUT2D eigenvalue weighted by Gasteiger charge is 2.25. The van der Waals surface area contributed by atoms with Gasteiger partial charge in [0.05, 0.1) is 0 Å². The smallest absolute Gasteiger partial charge is 0.133 e. The van der Waals surface area contributed by atoms with Crippen LogP contribution < -0.4 is 0 Å². The summed E-state index contributed by atoms with van der Waals surface area (Å²) >= 11 is 0. The van der Waals surface area contributed by atoms with E-state index in [1.807, 2.05) is 0 Å². The molecule has 2 nitrogen and oxygen atoms in total.